The zero-order valence-electron chi connectivity index (χ0n) is 11.7. The topological polar surface area (TPSA) is 63.4 Å². The van der Waals surface area contributed by atoms with Crippen LogP contribution in [-0.2, 0) is 9.59 Å². The smallest absolute Gasteiger partial charge is 0.233 e. The van der Waals surface area contributed by atoms with E-state index in [1.165, 1.54) is 0 Å². The van der Waals surface area contributed by atoms with Gasteiger partial charge in [-0.05, 0) is 31.6 Å². The molecular weight excluding hydrogens is 240 g/mol. The van der Waals surface area contributed by atoms with E-state index in [2.05, 4.69) is 6.92 Å². The number of imide groups is 1. The van der Waals surface area contributed by atoms with Crippen LogP contribution in [0.3, 0.4) is 0 Å². The van der Waals surface area contributed by atoms with E-state index < -0.39 is 0 Å². The number of nitrogens with two attached hydrogens (primary N) is 1. The molecule has 0 spiro atoms. The number of hydrogen-bond acceptors (Lipinski definition) is 3. The third-order valence-electron chi connectivity index (χ3n) is 5.46. The predicted octanol–water partition coefficient (Wildman–Crippen LogP) is 1.68. The summed E-state index contributed by atoms with van der Waals surface area (Å²) in [5.74, 6) is 0.643. The lowest BCUT2D eigenvalue weighted by atomic mass is 9.89. The van der Waals surface area contributed by atoms with Gasteiger partial charge in [0.1, 0.15) is 0 Å². The van der Waals surface area contributed by atoms with Gasteiger partial charge in [-0.3, -0.25) is 14.5 Å². The van der Waals surface area contributed by atoms with Gasteiger partial charge in [0, 0.05) is 6.04 Å². The maximum absolute atomic E-state index is 12.6. The molecule has 1 saturated heterocycles. The summed E-state index contributed by atoms with van der Waals surface area (Å²) in [6.45, 7) is 2.15. The number of fused-ring (bicyclic) bond motifs is 1. The maximum Gasteiger partial charge on any atom is 0.233 e. The van der Waals surface area contributed by atoms with Gasteiger partial charge < -0.3 is 5.73 Å². The SMILES string of the molecule is CCC1CC2C(=O)N([C@@H]3CCCC[C@H]3N)C(=O)C2C1. The van der Waals surface area contributed by atoms with Crippen LogP contribution in [-0.4, -0.2) is 28.8 Å². The van der Waals surface area contributed by atoms with Crippen molar-refractivity contribution < 1.29 is 9.59 Å². The van der Waals surface area contributed by atoms with E-state index in [4.69, 9.17) is 5.73 Å². The Kier molecular flexibility index (Phi) is 3.37. The largest absolute Gasteiger partial charge is 0.326 e. The molecule has 0 radical (unpaired) electrons. The highest BCUT2D eigenvalue weighted by Gasteiger charge is 2.54. The molecule has 0 bridgehead atoms. The van der Waals surface area contributed by atoms with Crippen molar-refractivity contribution in [2.75, 3.05) is 0 Å². The van der Waals surface area contributed by atoms with Crippen molar-refractivity contribution in [3.63, 3.8) is 0 Å². The van der Waals surface area contributed by atoms with E-state index in [-0.39, 0.29) is 35.7 Å². The molecule has 4 nitrogen and oxygen atoms in total. The van der Waals surface area contributed by atoms with Gasteiger partial charge in [0.25, 0.3) is 0 Å². The Morgan fingerprint density at radius 3 is 2.21 bits per heavy atom. The van der Waals surface area contributed by atoms with Crippen molar-refractivity contribution in [2.45, 2.75) is 64.0 Å². The highest BCUT2D eigenvalue weighted by atomic mass is 16.2. The molecule has 0 aromatic heterocycles. The van der Waals surface area contributed by atoms with Crippen molar-refractivity contribution in [3.05, 3.63) is 0 Å². The Morgan fingerprint density at radius 1 is 1.11 bits per heavy atom. The molecule has 3 fully saturated rings. The van der Waals surface area contributed by atoms with Crippen molar-refractivity contribution >= 4 is 11.8 Å². The lowest BCUT2D eigenvalue weighted by Crippen LogP contribution is -2.52. The van der Waals surface area contributed by atoms with Crippen LogP contribution in [0.5, 0.6) is 0 Å². The van der Waals surface area contributed by atoms with Gasteiger partial charge in [-0.15, -0.1) is 0 Å². The molecule has 2 amide bonds. The quantitative estimate of drug-likeness (QED) is 0.772. The van der Waals surface area contributed by atoms with Gasteiger partial charge in [-0.25, -0.2) is 0 Å². The first-order valence-corrected chi connectivity index (χ1v) is 7.76. The number of likely N-dealkylation sites (tertiary alicyclic amines) is 1. The van der Waals surface area contributed by atoms with Crippen LogP contribution in [0.2, 0.25) is 0 Å². The van der Waals surface area contributed by atoms with Crippen molar-refractivity contribution in [3.8, 4) is 0 Å². The van der Waals surface area contributed by atoms with Crippen LogP contribution >= 0.6 is 0 Å². The molecule has 3 rings (SSSR count). The van der Waals surface area contributed by atoms with Crippen molar-refractivity contribution in [2.24, 2.45) is 23.5 Å². The molecule has 2 N–H and O–H groups in total. The number of rotatable bonds is 2. The van der Waals surface area contributed by atoms with Gasteiger partial charge in [0.15, 0.2) is 0 Å². The van der Waals surface area contributed by atoms with Crippen LogP contribution < -0.4 is 5.73 Å². The number of nitrogens with zero attached hydrogens (tertiary/aromatic N) is 1. The average molecular weight is 264 g/mol. The number of hydrogen-bond donors (Lipinski definition) is 1. The Labute approximate surface area is 114 Å². The molecule has 3 aliphatic rings. The third-order valence-corrected chi connectivity index (χ3v) is 5.46. The molecule has 0 aromatic carbocycles. The van der Waals surface area contributed by atoms with Crippen LogP contribution in [0.1, 0.15) is 51.9 Å². The van der Waals surface area contributed by atoms with Gasteiger partial charge in [0.05, 0.1) is 17.9 Å². The fourth-order valence-electron chi connectivity index (χ4n) is 4.28. The normalized spacial score (nSPS) is 42.8. The molecule has 1 aliphatic heterocycles. The first-order valence-electron chi connectivity index (χ1n) is 7.76. The van der Waals surface area contributed by atoms with Crippen molar-refractivity contribution in [1.82, 2.24) is 4.90 Å². The zero-order valence-corrected chi connectivity index (χ0v) is 11.7. The van der Waals surface area contributed by atoms with Gasteiger partial charge >= 0.3 is 0 Å². The van der Waals surface area contributed by atoms with Gasteiger partial charge in [-0.1, -0.05) is 26.2 Å². The summed E-state index contributed by atoms with van der Waals surface area (Å²) >= 11 is 0. The summed E-state index contributed by atoms with van der Waals surface area (Å²) in [4.78, 5) is 26.7. The lowest BCUT2D eigenvalue weighted by Gasteiger charge is -2.35. The van der Waals surface area contributed by atoms with E-state index in [0.29, 0.717) is 5.92 Å². The number of carbonyl (C=O) groups is 2. The summed E-state index contributed by atoms with van der Waals surface area (Å²) in [5, 5.41) is 0. The highest BCUT2D eigenvalue weighted by Crippen LogP contribution is 2.45. The second kappa shape index (κ2) is 4.89. The summed E-state index contributed by atoms with van der Waals surface area (Å²) in [7, 11) is 0. The second-order valence-corrected chi connectivity index (χ2v) is 6.52. The minimum atomic E-state index is -0.0356. The lowest BCUT2D eigenvalue weighted by molar-refractivity contribution is -0.144. The van der Waals surface area contributed by atoms with Crippen LogP contribution in [0.15, 0.2) is 0 Å². The number of amides is 2. The molecule has 4 atom stereocenters. The van der Waals surface area contributed by atoms with Crippen molar-refractivity contribution in [1.29, 1.82) is 0 Å². The van der Waals surface area contributed by atoms with E-state index in [0.717, 1.165) is 44.9 Å². The molecule has 4 heteroatoms. The molecular formula is C15H24N2O2. The average Bonchev–Trinajstić information content (AvgIpc) is 2.92. The minimum absolute atomic E-state index is 0.0116. The Balaban J connectivity index is 1.78. The highest BCUT2D eigenvalue weighted by molar-refractivity contribution is 6.05. The molecule has 2 saturated carbocycles. The first kappa shape index (κ1) is 13.1. The fourth-order valence-corrected chi connectivity index (χ4v) is 4.28. The second-order valence-electron chi connectivity index (χ2n) is 6.52. The van der Waals surface area contributed by atoms with E-state index in [1.54, 1.807) is 4.90 Å². The maximum atomic E-state index is 12.6. The molecule has 2 aliphatic carbocycles. The molecule has 19 heavy (non-hydrogen) atoms. The zero-order chi connectivity index (χ0) is 13.6. The van der Waals surface area contributed by atoms with E-state index in [9.17, 15) is 9.59 Å². The summed E-state index contributed by atoms with van der Waals surface area (Å²) in [5.41, 5.74) is 6.14. The minimum Gasteiger partial charge on any atom is -0.326 e. The predicted molar refractivity (Wildman–Crippen MR) is 72.1 cm³/mol. The van der Waals surface area contributed by atoms with E-state index in [1.807, 2.05) is 0 Å². The van der Waals surface area contributed by atoms with Gasteiger partial charge in [-0.2, -0.15) is 0 Å². The van der Waals surface area contributed by atoms with Gasteiger partial charge in [0.2, 0.25) is 11.8 Å². The summed E-state index contributed by atoms with van der Waals surface area (Å²) in [6.07, 6.45) is 6.94. The monoisotopic (exact) mass is 264 g/mol. The number of carbonyl (C=O) groups excluding carboxylic acids is 2. The summed E-state index contributed by atoms with van der Waals surface area (Å²) in [6, 6.07) is -0.0399. The van der Waals surface area contributed by atoms with Crippen LogP contribution in [0.25, 0.3) is 0 Å². The summed E-state index contributed by atoms with van der Waals surface area (Å²) < 4.78 is 0. The Hall–Kier alpha value is -0.900. The van der Waals surface area contributed by atoms with Crippen LogP contribution in [0, 0.1) is 17.8 Å². The Morgan fingerprint density at radius 2 is 1.68 bits per heavy atom. The molecule has 0 aromatic rings. The third kappa shape index (κ3) is 2.00. The first-order chi connectivity index (χ1) is 9.13. The fraction of sp³-hybridized carbons (Fsp3) is 0.867. The Bertz CT molecular complexity index is 372. The standard InChI is InChI=1S/C15H24N2O2/c1-2-9-7-10-11(8-9)15(19)17(14(10)18)13-6-4-3-5-12(13)16/h9-13H,2-8,16H2,1H3/t9?,10?,11?,12-,13-/m1/s1. The molecule has 106 valence electrons. The molecule has 2 unspecified atom stereocenters. The molecule has 1 heterocycles. The van der Waals surface area contributed by atoms with E-state index >= 15 is 0 Å². The van der Waals surface area contributed by atoms with Crippen LogP contribution in [0.4, 0.5) is 0 Å².